The van der Waals surface area contributed by atoms with Crippen LogP contribution in [0.15, 0.2) is 72.9 Å². The smallest absolute Gasteiger partial charge is 0.472 e. The van der Waals surface area contributed by atoms with Crippen LogP contribution in [0.1, 0.15) is 194 Å². The van der Waals surface area contributed by atoms with Crippen molar-refractivity contribution in [2.45, 2.75) is 206 Å². The Labute approximate surface area is 372 Å². The Morgan fingerprint density at radius 3 is 1.41 bits per heavy atom. The number of ether oxygens (including phenoxy) is 2. The molecule has 0 rings (SSSR count). The molecule has 11 heteroatoms. The molecule has 0 radical (unpaired) electrons. The molecule has 0 aromatic carbocycles. The molecule has 0 heterocycles. The molecule has 0 saturated heterocycles. The number of phosphoric ester groups is 1. The highest BCUT2D eigenvalue weighted by Gasteiger charge is 2.27. The number of unbranched alkanes of at least 4 members (excludes halogenated alkanes) is 20. The number of rotatable bonds is 45. The number of carbonyl (C=O) groups excluding carboxylic acids is 1. The normalized spacial score (nSPS) is 14.4. The minimum absolute atomic E-state index is 0.0160. The topological polar surface area (TPSA) is 155 Å². The van der Waals surface area contributed by atoms with Crippen molar-refractivity contribution in [1.82, 2.24) is 0 Å². The Morgan fingerprint density at radius 1 is 0.541 bits per heavy atom. The zero-order valence-electron chi connectivity index (χ0n) is 38.5. The first-order valence-electron chi connectivity index (χ1n) is 24.0. The predicted molar refractivity (Wildman–Crippen MR) is 254 cm³/mol. The Morgan fingerprint density at radius 2 is 0.951 bits per heavy atom. The first kappa shape index (κ1) is 58.4. The number of hydrogen-bond donors (Lipinski definition) is 3. The molecule has 0 amide bonds. The van der Waals surface area contributed by atoms with Crippen molar-refractivity contribution in [2.75, 3.05) is 26.4 Å². The van der Waals surface area contributed by atoms with Crippen LogP contribution in [0.4, 0.5) is 0 Å². The summed E-state index contributed by atoms with van der Waals surface area (Å²) >= 11 is 0. The van der Waals surface area contributed by atoms with Crippen LogP contribution in [0.2, 0.25) is 0 Å². The van der Waals surface area contributed by atoms with Crippen LogP contribution in [-0.4, -0.2) is 60.5 Å². The van der Waals surface area contributed by atoms with Gasteiger partial charge in [0.1, 0.15) is 12.1 Å². The van der Waals surface area contributed by atoms with Crippen LogP contribution >= 0.6 is 7.82 Å². The largest absolute Gasteiger partial charge is 0.480 e. The van der Waals surface area contributed by atoms with Gasteiger partial charge in [-0.2, -0.15) is 0 Å². The van der Waals surface area contributed by atoms with Gasteiger partial charge in [-0.25, -0.2) is 4.57 Å². The van der Waals surface area contributed by atoms with E-state index >= 15 is 0 Å². The maximum absolute atomic E-state index is 12.6. The molecular weight excluding hydrogens is 790 g/mol. The third-order valence-corrected chi connectivity index (χ3v) is 11.0. The van der Waals surface area contributed by atoms with Crippen molar-refractivity contribution in [3.8, 4) is 0 Å². The fourth-order valence-electron chi connectivity index (χ4n) is 6.32. The molecule has 0 spiro atoms. The Hall–Kier alpha value is -2.59. The highest BCUT2D eigenvalue weighted by molar-refractivity contribution is 7.47. The van der Waals surface area contributed by atoms with Crippen LogP contribution in [0.5, 0.6) is 0 Å². The van der Waals surface area contributed by atoms with Crippen molar-refractivity contribution in [3.63, 3.8) is 0 Å². The summed E-state index contributed by atoms with van der Waals surface area (Å²) in [5.41, 5.74) is 5.35. The summed E-state index contributed by atoms with van der Waals surface area (Å²) in [5.74, 6) is -1.92. The van der Waals surface area contributed by atoms with E-state index in [1.807, 2.05) is 12.2 Å². The fourth-order valence-corrected chi connectivity index (χ4v) is 7.10. The third kappa shape index (κ3) is 45.3. The summed E-state index contributed by atoms with van der Waals surface area (Å²) in [5, 5.41) is 8.91. The highest BCUT2D eigenvalue weighted by Crippen LogP contribution is 2.43. The van der Waals surface area contributed by atoms with Crippen molar-refractivity contribution >= 4 is 19.8 Å². The predicted octanol–water partition coefficient (Wildman–Crippen LogP) is 13.8. The number of hydrogen-bond acceptors (Lipinski definition) is 8. The molecule has 0 aromatic heterocycles. The lowest BCUT2D eigenvalue weighted by Gasteiger charge is -2.20. The van der Waals surface area contributed by atoms with Gasteiger partial charge in [-0.05, 0) is 64.2 Å². The maximum Gasteiger partial charge on any atom is 0.472 e. The zero-order valence-corrected chi connectivity index (χ0v) is 39.4. The second-order valence-electron chi connectivity index (χ2n) is 15.9. The molecule has 10 nitrogen and oxygen atoms in total. The number of aliphatic carboxylic acids is 1. The molecule has 0 aliphatic carbocycles. The summed E-state index contributed by atoms with van der Waals surface area (Å²) < 4.78 is 33.3. The lowest BCUT2D eigenvalue weighted by molar-refractivity contribution is -0.153. The standard InChI is InChI=1S/C50H88NO9P/c1-3-5-7-9-11-13-15-17-19-20-21-22-23-24-25-26-27-29-31-33-35-37-39-41-43-57-44-47(45-58-61(55,56)59-46-48(51)50(53)54)60-49(52)42-40-38-36-34-32-30-28-18-16-14-12-10-8-6-4-2/h6,8,12,14,18,20-21,28,32,34,38,40,47-48H,3-5,7,9-11,13,15-17,19,22-27,29-31,33,35-37,39,41-46,51H2,1-2H3,(H,53,54)(H,55,56)/b8-6-,14-12-,21-20-,28-18-,34-32-,40-38-. The number of allylic oxidation sites excluding steroid dienone is 11. The van der Waals surface area contributed by atoms with Crippen LogP contribution in [0.3, 0.4) is 0 Å². The number of nitrogens with two attached hydrogens (primary N) is 1. The van der Waals surface area contributed by atoms with Gasteiger partial charge in [0, 0.05) is 6.61 Å². The molecule has 3 atom stereocenters. The van der Waals surface area contributed by atoms with Crippen LogP contribution in [0, 0.1) is 0 Å². The summed E-state index contributed by atoms with van der Waals surface area (Å²) in [6.45, 7) is 3.65. The van der Waals surface area contributed by atoms with Crippen molar-refractivity contribution < 1.29 is 42.7 Å². The molecule has 0 bridgehead atoms. The minimum Gasteiger partial charge on any atom is -0.480 e. The van der Waals surface area contributed by atoms with Crippen LogP contribution in [-0.2, 0) is 32.7 Å². The molecule has 0 aromatic rings. The van der Waals surface area contributed by atoms with E-state index in [0.29, 0.717) is 13.0 Å². The summed E-state index contributed by atoms with van der Waals surface area (Å²) in [6, 6.07) is -1.49. The second kappa shape index (κ2) is 45.4. The average molecular weight is 878 g/mol. The minimum atomic E-state index is -4.65. The molecular formula is C50H88NO9P. The first-order chi connectivity index (χ1) is 29.7. The van der Waals surface area contributed by atoms with E-state index < -0.39 is 45.1 Å². The van der Waals surface area contributed by atoms with E-state index in [4.69, 9.17) is 29.4 Å². The van der Waals surface area contributed by atoms with Crippen LogP contribution < -0.4 is 5.73 Å². The highest BCUT2D eigenvalue weighted by atomic mass is 31.2. The van der Waals surface area contributed by atoms with Crippen molar-refractivity contribution in [2.24, 2.45) is 5.73 Å². The second-order valence-corrected chi connectivity index (χ2v) is 17.3. The fraction of sp³-hybridized carbons (Fsp3) is 0.720. The molecule has 61 heavy (non-hydrogen) atoms. The van der Waals surface area contributed by atoms with Gasteiger partial charge >= 0.3 is 19.8 Å². The molecule has 0 fully saturated rings. The van der Waals surface area contributed by atoms with Gasteiger partial charge < -0.3 is 25.2 Å². The van der Waals surface area contributed by atoms with E-state index in [0.717, 1.165) is 44.9 Å². The zero-order chi connectivity index (χ0) is 44.8. The summed E-state index contributed by atoms with van der Waals surface area (Å²) in [4.78, 5) is 33.5. The third-order valence-electron chi connectivity index (χ3n) is 10.0. The van der Waals surface area contributed by atoms with E-state index in [1.54, 1.807) is 6.08 Å². The molecule has 4 N–H and O–H groups in total. The van der Waals surface area contributed by atoms with Gasteiger partial charge in [0.15, 0.2) is 0 Å². The maximum atomic E-state index is 12.6. The lowest BCUT2D eigenvalue weighted by atomic mass is 10.0. The monoisotopic (exact) mass is 878 g/mol. The number of carbonyl (C=O) groups is 2. The van der Waals surface area contributed by atoms with Crippen LogP contribution in [0.25, 0.3) is 0 Å². The number of carboxylic acid groups (broad SMARTS) is 1. The Bertz CT molecular complexity index is 1250. The van der Waals surface area contributed by atoms with E-state index in [1.165, 1.54) is 122 Å². The number of carboxylic acids is 1. The Kier molecular flexibility index (Phi) is 43.5. The van der Waals surface area contributed by atoms with E-state index in [9.17, 15) is 19.0 Å². The SMILES string of the molecule is CC/C=C\C/C=C\C/C=C\C/C=C\C/C=C\CC(=O)OC(COCCCCCCCCCCCCCC/C=C\CCCCCCCCCC)COP(=O)(O)OCC(N)C(=O)O. The van der Waals surface area contributed by atoms with Gasteiger partial charge in [0.2, 0.25) is 0 Å². The molecule has 352 valence electrons. The lowest BCUT2D eigenvalue weighted by Crippen LogP contribution is -2.34. The molecule has 3 unspecified atom stereocenters. The average Bonchev–Trinajstić information content (AvgIpc) is 3.24. The van der Waals surface area contributed by atoms with Crippen molar-refractivity contribution in [3.05, 3.63) is 72.9 Å². The van der Waals surface area contributed by atoms with E-state index in [2.05, 4.69) is 68.5 Å². The van der Waals surface area contributed by atoms with Gasteiger partial charge in [0.25, 0.3) is 0 Å². The van der Waals surface area contributed by atoms with E-state index in [-0.39, 0.29) is 13.0 Å². The van der Waals surface area contributed by atoms with Gasteiger partial charge in [-0.15, -0.1) is 0 Å². The molecule has 0 aliphatic heterocycles. The van der Waals surface area contributed by atoms with Gasteiger partial charge in [-0.3, -0.25) is 18.6 Å². The summed E-state index contributed by atoms with van der Waals surface area (Å²) in [6.07, 6.45) is 57.2. The summed E-state index contributed by atoms with van der Waals surface area (Å²) in [7, 11) is -4.65. The number of esters is 1. The number of phosphoric acid groups is 1. The van der Waals surface area contributed by atoms with Crippen molar-refractivity contribution in [1.29, 1.82) is 0 Å². The van der Waals surface area contributed by atoms with Gasteiger partial charge in [0.05, 0.1) is 26.2 Å². The quantitative estimate of drug-likeness (QED) is 0.0233. The van der Waals surface area contributed by atoms with Gasteiger partial charge in [-0.1, -0.05) is 196 Å². The molecule has 0 aliphatic rings. The molecule has 0 saturated carbocycles. The Balaban J connectivity index is 4.21. The first-order valence-corrected chi connectivity index (χ1v) is 25.5.